The van der Waals surface area contributed by atoms with E-state index in [0.29, 0.717) is 12.6 Å². The van der Waals surface area contributed by atoms with E-state index in [2.05, 4.69) is 38.9 Å². The molecule has 161 valence electrons. The average Bonchev–Trinajstić information content (AvgIpc) is 3.41. The first-order valence-electron chi connectivity index (χ1n) is 9.49. The van der Waals surface area contributed by atoms with Gasteiger partial charge in [0.15, 0.2) is 0 Å². The third-order valence-electron chi connectivity index (χ3n) is 5.03. The molecule has 2 unspecified atom stereocenters. The maximum atomic E-state index is 12.1. The van der Waals surface area contributed by atoms with Crippen LogP contribution in [0.15, 0.2) is 46.9 Å². The first kappa shape index (κ1) is 23.0. The van der Waals surface area contributed by atoms with Crippen molar-refractivity contribution in [3.8, 4) is 11.8 Å². The van der Waals surface area contributed by atoms with Gasteiger partial charge >= 0.3 is 23.2 Å². The van der Waals surface area contributed by atoms with Crippen LogP contribution in [0.2, 0.25) is 0 Å². The van der Waals surface area contributed by atoms with Crippen LogP contribution in [0.25, 0.3) is 11.1 Å². The van der Waals surface area contributed by atoms with Crippen LogP contribution in [0, 0.1) is 29.7 Å². The molecule has 5 rings (SSSR count). The van der Waals surface area contributed by atoms with E-state index in [-0.39, 0.29) is 34.1 Å². The van der Waals surface area contributed by atoms with Crippen LogP contribution in [0.4, 0.5) is 13.2 Å². The Bertz CT molecular complexity index is 1030. The normalized spacial score (nSPS) is 20.3. The second-order valence-corrected chi connectivity index (χ2v) is 7.09. The maximum absolute atomic E-state index is 12.1. The van der Waals surface area contributed by atoms with E-state index in [1.807, 2.05) is 18.2 Å². The average molecular weight is 468 g/mol. The van der Waals surface area contributed by atoms with Gasteiger partial charge in [-0.1, -0.05) is 12.1 Å². The van der Waals surface area contributed by atoms with Crippen molar-refractivity contribution >= 4 is 11.1 Å². The van der Waals surface area contributed by atoms with Crippen molar-refractivity contribution in [2.45, 2.75) is 18.6 Å². The Morgan fingerprint density at radius 1 is 1.23 bits per heavy atom. The van der Waals surface area contributed by atoms with E-state index in [1.54, 1.807) is 6.07 Å². The summed E-state index contributed by atoms with van der Waals surface area (Å²) < 4.78 is 46.4. The van der Waals surface area contributed by atoms with Gasteiger partial charge < -0.3 is 14.1 Å². The third-order valence-corrected chi connectivity index (χ3v) is 5.03. The number of ether oxygens (including phenoxy) is 1. The zero-order valence-corrected chi connectivity index (χ0v) is 17.5. The molecule has 0 saturated carbocycles. The van der Waals surface area contributed by atoms with Gasteiger partial charge in [-0.2, -0.15) is 43.1 Å². The van der Waals surface area contributed by atoms with Gasteiger partial charge in [0.25, 0.3) is 5.89 Å². The van der Waals surface area contributed by atoms with Crippen LogP contribution in [-0.4, -0.2) is 35.6 Å². The molecule has 1 saturated heterocycles. The molecule has 0 aliphatic carbocycles. The fraction of sp³-hybridized carbons (Fsp3) is 0.318. The summed E-state index contributed by atoms with van der Waals surface area (Å²) in [4.78, 5) is 5.61. The van der Waals surface area contributed by atoms with Gasteiger partial charge in [-0.25, -0.2) is 0 Å². The molecule has 2 aliphatic rings. The zero-order chi connectivity index (χ0) is 21.1. The van der Waals surface area contributed by atoms with Crippen molar-refractivity contribution in [1.82, 2.24) is 9.88 Å². The van der Waals surface area contributed by atoms with Crippen molar-refractivity contribution in [3.63, 3.8) is 0 Å². The van der Waals surface area contributed by atoms with Gasteiger partial charge in [0.2, 0.25) is 0 Å². The quantitative estimate of drug-likeness (QED) is 0.389. The molecule has 3 heterocycles. The number of fused-ring (bicyclic) bond motifs is 2. The fourth-order valence-electron chi connectivity index (χ4n) is 3.52. The van der Waals surface area contributed by atoms with Gasteiger partial charge in [-0.3, -0.25) is 4.98 Å². The van der Waals surface area contributed by atoms with Gasteiger partial charge in [0, 0.05) is 23.9 Å². The number of hydrogen-bond acceptors (Lipinski definition) is 5. The molecule has 2 aromatic carbocycles. The van der Waals surface area contributed by atoms with E-state index in [9.17, 15) is 13.2 Å². The summed E-state index contributed by atoms with van der Waals surface area (Å²) in [6.45, 7) is 2.59. The van der Waals surface area contributed by atoms with E-state index >= 15 is 0 Å². The smallest absolute Gasteiger partial charge is 0.550 e. The molecule has 1 aromatic heterocycles. The molecule has 1 fully saturated rings. The summed E-state index contributed by atoms with van der Waals surface area (Å²) in [6, 6.07) is 17.8. The first-order valence-corrected chi connectivity index (χ1v) is 9.49. The van der Waals surface area contributed by atoms with Crippen LogP contribution in [0.3, 0.4) is 0 Å². The topological polar surface area (TPSA) is 62.3 Å². The minimum atomic E-state index is -4.53. The number of hydrogen-bond donors (Lipinski definition) is 0. The number of halogens is 3. The second-order valence-electron chi connectivity index (χ2n) is 7.09. The number of likely N-dealkylation sites (tertiary alicyclic amines) is 1. The number of aromatic nitrogens is 1. The number of alkyl halides is 3. The maximum Gasteiger partial charge on any atom is 2.00 e. The van der Waals surface area contributed by atoms with Crippen molar-refractivity contribution in [1.29, 1.82) is 5.26 Å². The van der Waals surface area contributed by atoms with E-state index in [1.165, 1.54) is 17.7 Å². The Labute approximate surface area is 188 Å². The van der Waals surface area contributed by atoms with E-state index < -0.39 is 12.1 Å². The van der Waals surface area contributed by atoms with Crippen LogP contribution in [-0.2, 0) is 23.2 Å². The van der Waals surface area contributed by atoms with Crippen molar-refractivity contribution < 1.29 is 39.4 Å². The van der Waals surface area contributed by atoms with Crippen LogP contribution < -0.4 is 4.74 Å². The zero-order valence-electron chi connectivity index (χ0n) is 16.3. The van der Waals surface area contributed by atoms with Crippen molar-refractivity contribution in [2.24, 2.45) is 5.92 Å². The summed E-state index contributed by atoms with van der Waals surface area (Å²) in [5, 5.41) is 8.92. The SMILES string of the molecule is FC(F)(F)c1nc2ccc[c-]c2o1.N#CC1CCN(C2[CH-]c3ccccc3OC2)C1.[Mn+2]. The molecule has 0 bridgehead atoms. The summed E-state index contributed by atoms with van der Waals surface area (Å²) in [6.07, 6.45) is -1.28. The molecule has 0 N–H and O–H groups in total. The Balaban J connectivity index is 0.000000176. The molecule has 3 aromatic rings. The number of benzene rings is 2. The Morgan fingerprint density at radius 3 is 2.74 bits per heavy atom. The van der Waals surface area contributed by atoms with E-state index in [0.717, 1.165) is 25.3 Å². The molecule has 2 atom stereocenters. The van der Waals surface area contributed by atoms with Crippen molar-refractivity contribution in [2.75, 3.05) is 19.7 Å². The second kappa shape index (κ2) is 9.65. The monoisotopic (exact) mass is 468 g/mol. The summed E-state index contributed by atoms with van der Waals surface area (Å²) in [7, 11) is 0. The third kappa shape index (κ3) is 5.34. The van der Waals surface area contributed by atoms with Crippen LogP contribution >= 0.6 is 0 Å². The number of rotatable bonds is 1. The number of nitriles is 1. The number of oxazole rings is 1. The summed E-state index contributed by atoms with van der Waals surface area (Å²) >= 11 is 0. The van der Waals surface area contributed by atoms with Crippen molar-refractivity contribution in [3.05, 3.63) is 66.4 Å². The van der Waals surface area contributed by atoms with Gasteiger partial charge in [-0.05, 0) is 18.5 Å². The minimum absolute atomic E-state index is 0. The van der Waals surface area contributed by atoms with Gasteiger partial charge in [-0.15, -0.1) is 23.8 Å². The molecule has 2 aliphatic heterocycles. The Morgan fingerprint density at radius 2 is 2.03 bits per heavy atom. The Kier molecular flexibility index (Phi) is 7.16. The molecule has 5 nitrogen and oxygen atoms in total. The van der Waals surface area contributed by atoms with E-state index in [4.69, 9.17) is 10.00 Å². The molecule has 1 radical (unpaired) electrons. The first-order chi connectivity index (χ1) is 14.4. The molecular formula is C22H18F3MnN3O2. The molecular weight excluding hydrogens is 450 g/mol. The van der Waals surface area contributed by atoms with Crippen LogP contribution in [0.1, 0.15) is 17.9 Å². The molecule has 0 amide bonds. The van der Waals surface area contributed by atoms with Gasteiger partial charge in [0.05, 0.1) is 18.6 Å². The minimum Gasteiger partial charge on any atom is -0.550 e. The fourth-order valence-corrected chi connectivity index (χ4v) is 3.52. The number of nitrogens with zero attached hydrogens (tertiary/aromatic N) is 3. The Hall–Kier alpha value is -2.66. The molecule has 9 heteroatoms. The summed E-state index contributed by atoms with van der Waals surface area (Å²) in [5.41, 5.74) is 1.36. The number of para-hydroxylation sites is 2. The van der Waals surface area contributed by atoms with Crippen LogP contribution in [0.5, 0.6) is 5.75 Å². The predicted molar refractivity (Wildman–Crippen MR) is 102 cm³/mol. The molecule has 31 heavy (non-hydrogen) atoms. The summed E-state index contributed by atoms with van der Waals surface area (Å²) in [5.74, 6) is -0.0645. The predicted octanol–water partition coefficient (Wildman–Crippen LogP) is 4.49. The van der Waals surface area contributed by atoms with Gasteiger partial charge in [0.1, 0.15) is 0 Å². The largest absolute Gasteiger partial charge is 2.00 e. The molecule has 0 spiro atoms. The standard InChI is InChI=1S/C14H15N2O.C8H3F3NO.Mn/c15-8-11-5-6-16(9-11)13-7-12-3-1-2-4-14(12)17-10-13;9-8(10,11)7-12-5-3-1-2-4-6(5)13-7;/h1-4,7,11,13H,5-6,9-10H2;1-3H;/q2*-1;+2.